The third-order valence-electron chi connectivity index (χ3n) is 7.03. The van der Waals surface area contributed by atoms with E-state index in [0.29, 0.717) is 11.8 Å². The molecule has 0 atom stereocenters. The van der Waals surface area contributed by atoms with Crippen LogP contribution in [0.25, 0.3) is 33.6 Å². The molecule has 4 heteroatoms. The first-order valence-electron chi connectivity index (χ1n) is 11.9. The van der Waals surface area contributed by atoms with Gasteiger partial charge < -0.3 is 9.97 Å². The molecule has 2 heterocycles. The Morgan fingerprint density at radius 1 is 0.625 bits per heavy atom. The SMILES string of the molecule is CC(C)c1nc2c([nH]1)-c1ccc(-c3ccc4c(c3)CCc3nc(C(C)C)[nH]c3-4)cc1CC2. The Bertz CT molecular complexity index is 1230. The van der Waals surface area contributed by atoms with E-state index in [1.807, 2.05) is 0 Å². The molecule has 0 bridgehead atoms. The standard InChI is InChI=1S/C28H30N4/c1-15(2)27-29-23-11-7-19-13-17(5-9-21(19)25(23)31-27)18-6-10-22-20(14-18)8-12-24-26(22)32-28(30-24)16(3)4/h5-6,9-10,13-16H,7-8,11-12H2,1-4H3,(H,29,31)(H,30,32). The second kappa shape index (κ2) is 7.19. The Morgan fingerprint density at radius 2 is 1.06 bits per heavy atom. The molecule has 2 aliphatic carbocycles. The molecular weight excluding hydrogens is 392 g/mol. The lowest BCUT2D eigenvalue weighted by atomic mass is 9.87. The van der Waals surface area contributed by atoms with Gasteiger partial charge in [-0.15, -0.1) is 0 Å². The molecule has 0 saturated heterocycles. The molecule has 0 saturated carbocycles. The third-order valence-corrected chi connectivity index (χ3v) is 7.03. The number of rotatable bonds is 3. The fraction of sp³-hybridized carbons (Fsp3) is 0.357. The normalized spacial score (nSPS) is 14.3. The number of fused-ring (bicyclic) bond motifs is 6. The van der Waals surface area contributed by atoms with Crippen LogP contribution in [0.5, 0.6) is 0 Å². The highest BCUT2D eigenvalue weighted by atomic mass is 15.0. The van der Waals surface area contributed by atoms with Gasteiger partial charge >= 0.3 is 0 Å². The highest BCUT2D eigenvalue weighted by molar-refractivity contribution is 5.78. The zero-order valence-electron chi connectivity index (χ0n) is 19.3. The van der Waals surface area contributed by atoms with Gasteiger partial charge in [-0.25, -0.2) is 9.97 Å². The van der Waals surface area contributed by atoms with Crippen molar-refractivity contribution in [1.82, 2.24) is 19.9 Å². The largest absolute Gasteiger partial charge is 0.342 e. The number of hydrogen-bond donors (Lipinski definition) is 2. The van der Waals surface area contributed by atoms with E-state index >= 15 is 0 Å². The van der Waals surface area contributed by atoms with E-state index in [-0.39, 0.29) is 0 Å². The van der Waals surface area contributed by atoms with Gasteiger partial charge in [0.15, 0.2) is 0 Å². The third kappa shape index (κ3) is 3.04. The predicted octanol–water partition coefficient (Wildman–Crippen LogP) is 6.58. The maximum Gasteiger partial charge on any atom is 0.109 e. The molecular formula is C28H30N4. The highest BCUT2D eigenvalue weighted by Gasteiger charge is 2.23. The summed E-state index contributed by atoms with van der Waals surface area (Å²) in [5, 5.41) is 0. The predicted molar refractivity (Wildman–Crippen MR) is 130 cm³/mol. The molecule has 0 aliphatic heterocycles. The maximum absolute atomic E-state index is 4.85. The van der Waals surface area contributed by atoms with Crippen LogP contribution in [0.4, 0.5) is 0 Å². The number of benzene rings is 2. The zero-order valence-corrected chi connectivity index (χ0v) is 19.3. The number of H-pyrrole nitrogens is 2. The van der Waals surface area contributed by atoms with Crippen molar-refractivity contribution in [3.05, 3.63) is 70.6 Å². The van der Waals surface area contributed by atoms with Crippen molar-refractivity contribution in [2.45, 2.75) is 65.2 Å². The molecule has 162 valence electrons. The number of nitrogens with one attached hydrogen (secondary N) is 2. The van der Waals surface area contributed by atoms with Crippen LogP contribution in [0.3, 0.4) is 0 Å². The fourth-order valence-corrected chi connectivity index (χ4v) is 5.17. The number of imidazole rings is 2. The Labute approximate surface area is 189 Å². The molecule has 2 N–H and O–H groups in total. The fourth-order valence-electron chi connectivity index (χ4n) is 5.17. The summed E-state index contributed by atoms with van der Waals surface area (Å²) in [7, 11) is 0. The molecule has 2 aliphatic rings. The minimum absolute atomic E-state index is 0.422. The quantitative estimate of drug-likeness (QED) is 0.392. The number of aryl methyl sites for hydroxylation is 4. The smallest absolute Gasteiger partial charge is 0.109 e. The van der Waals surface area contributed by atoms with Crippen LogP contribution in [0.15, 0.2) is 36.4 Å². The number of hydrogen-bond acceptors (Lipinski definition) is 2. The molecule has 0 amide bonds. The van der Waals surface area contributed by atoms with Gasteiger partial charge in [0, 0.05) is 23.0 Å². The van der Waals surface area contributed by atoms with Crippen molar-refractivity contribution in [2.24, 2.45) is 0 Å². The topological polar surface area (TPSA) is 57.4 Å². The summed E-state index contributed by atoms with van der Waals surface area (Å²) in [5.74, 6) is 3.04. The second-order valence-corrected chi connectivity index (χ2v) is 9.94. The van der Waals surface area contributed by atoms with Crippen molar-refractivity contribution in [1.29, 1.82) is 0 Å². The van der Waals surface area contributed by atoms with Gasteiger partial charge in [0.05, 0.1) is 22.8 Å². The summed E-state index contributed by atoms with van der Waals surface area (Å²) in [6.07, 6.45) is 4.14. The molecule has 6 rings (SSSR count). The molecule has 32 heavy (non-hydrogen) atoms. The Balaban J connectivity index is 1.36. The summed E-state index contributed by atoms with van der Waals surface area (Å²) in [5.41, 5.74) is 13.0. The monoisotopic (exact) mass is 422 g/mol. The van der Waals surface area contributed by atoms with Crippen LogP contribution in [-0.4, -0.2) is 19.9 Å². The van der Waals surface area contributed by atoms with Gasteiger partial charge in [-0.3, -0.25) is 0 Å². The first kappa shape index (κ1) is 19.5. The van der Waals surface area contributed by atoms with Crippen LogP contribution in [-0.2, 0) is 25.7 Å². The average molecular weight is 423 g/mol. The maximum atomic E-state index is 4.85. The summed E-state index contributed by atoms with van der Waals surface area (Å²) in [4.78, 5) is 16.9. The molecule has 0 spiro atoms. The lowest BCUT2D eigenvalue weighted by Gasteiger charge is -2.19. The summed E-state index contributed by atoms with van der Waals surface area (Å²) in [6, 6.07) is 13.9. The second-order valence-electron chi connectivity index (χ2n) is 9.94. The van der Waals surface area contributed by atoms with Crippen LogP contribution in [0, 0.1) is 0 Å². The van der Waals surface area contributed by atoms with Gasteiger partial charge in [0.2, 0.25) is 0 Å². The van der Waals surface area contributed by atoms with Crippen LogP contribution < -0.4 is 0 Å². The van der Waals surface area contributed by atoms with Crippen molar-refractivity contribution in [2.75, 3.05) is 0 Å². The summed E-state index contributed by atoms with van der Waals surface area (Å²) < 4.78 is 0. The first-order chi connectivity index (χ1) is 15.5. The van der Waals surface area contributed by atoms with E-state index in [1.54, 1.807) is 0 Å². The van der Waals surface area contributed by atoms with Crippen molar-refractivity contribution in [3.63, 3.8) is 0 Å². The lowest BCUT2D eigenvalue weighted by Crippen LogP contribution is -2.05. The van der Waals surface area contributed by atoms with E-state index in [4.69, 9.17) is 9.97 Å². The van der Waals surface area contributed by atoms with E-state index in [2.05, 4.69) is 74.1 Å². The molecule has 2 aromatic carbocycles. The van der Waals surface area contributed by atoms with Crippen LogP contribution in [0.2, 0.25) is 0 Å². The Hall–Kier alpha value is -3.14. The number of aromatic nitrogens is 4. The number of nitrogens with zero attached hydrogens (tertiary/aromatic N) is 2. The van der Waals surface area contributed by atoms with Gasteiger partial charge in [-0.1, -0.05) is 64.1 Å². The van der Waals surface area contributed by atoms with E-state index in [1.165, 1.54) is 56.2 Å². The summed E-state index contributed by atoms with van der Waals surface area (Å²) in [6.45, 7) is 8.78. The molecule has 4 nitrogen and oxygen atoms in total. The number of aromatic amines is 2. The highest BCUT2D eigenvalue weighted by Crippen LogP contribution is 2.38. The van der Waals surface area contributed by atoms with Gasteiger partial charge in [-0.05, 0) is 47.9 Å². The van der Waals surface area contributed by atoms with Crippen molar-refractivity contribution in [3.8, 4) is 33.6 Å². The first-order valence-corrected chi connectivity index (χ1v) is 11.9. The van der Waals surface area contributed by atoms with Crippen molar-refractivity contribution >= 4 is 0 Å². The van der Waals surface area contributed by atoms with Crippen molar-refractivity contribution < 1.29 is 0 Å². The minimum Gasteiger partial charge on any atom is -0.342 e. The Kier molecular flexibility index (Phi) is 4.39. The minimum atomic E-state index is 0.422. The van der Waals surface area contributed by atoms with Gasteiger partial charge in [0.25, 0.3) is 0 Å². The molecule has 0 fully saturated rings. The lowest BCUT2D eigenvalue weighted by molar-refractivity contribution is 0.787. The van der Waals surface area contributed by atoms with E-state index in [9.17, 15) is 0 Å². The van der Waals surface area contributed by atoms with Crippen LogP contribution >= 0.6 is 0 Å². The molecule has 0 radical (unpaired) electrons. The van der Waals surface area contributed by atoms with Crippen LogP contribution in [0.1, 0.15) is 73.7 Å². The summed E-state index contributed by atoms with van der Waals surface area (Å²) >= 11 is 0. The van der Waals surface area contributed by atoms with E-state index < -0.39 is 0 Å². The van der Waals surface area contributed by atoms with Gasteiger partial charge in [-0.2, -0.15) is 0 Å². The van der Waals surface area contributed by atoms with E-state index in [0.717, 1.165) is 37.3 Å². The molecule has 2 aromatic heterocycles. The molecule has 4 aromatic rings. The molecule has 0 unspecified atom stereocenters. The average Bonchev–Trinajstić information content (AvgIpc) is 3.43. The van der Waals surface area contributed by atoms with Gasteiger partial charge in [0.1, 0.15) is 11.6 Å². The Morgan fingerprint density at radius 3 is 1.47 bits per heavy atom. The zero-order chi connectivity index (χ0) is 22.0.